The summed E-state index contributed by atoms with van der Waals surface area (Å²) in [7, 11) is 1.24. The maximum absolute atomic E-state index is 12.5. The molecule has 0 spiro atoms. The minimum absolute atomic E-state index is 0.0509. The van der Waals surface area contributed by atoms with Crippen LogP contribution in [0.15, 0.2) is 12.2 Å². The summed E-state index contributed by atoms with van der Waals surface area (Å²) in [6, 6.07) is 0. The number of carbonyl (C=O) groups excluding carboxylic acids is 3. The Balaban J connectivity index is 2.99. The second kappa shape index (κ2) is 7.89. The lowest BCUT2D eigenvalue weighted by atomic mass is 9.89. The summed E-state index contributed by atoms with van der Waals surface area (Å²) >= 11 is 0. The van der Waals surface area contributed by atoms with Crippen molar-refractivity contribution in [1.29, 1.82) is 0 Å². The van der Waals surface area contributed by atoms with Crippen molar-refractivity contribution in [3.63, 3.8) is 0 Å². The van der Waals surface area contributed by atoms with Gasteiger partial charge in [0.15, 0.2) is 0 Å². The van der Waals surface area contributed by atoms with E-state index >= 15 is 0 Å². The maximum atomic E-state index is 12.5. The fraction of sp³-hybridized carbons (Fsp3) is 0.722. The van der Waals surface area contributed by atoms with E-state index in [1.807, 2.05) is 6.92 Å². The average molecular weight is 355 g/mol. The lowest BCUT2D eigenvalue weighted by molar-refractivity contribution is -0.148. The summed E-state index contributed by atoms with van der Waals surface area (Å²) in [5, 5.41) is 0. The number of methoxy groups -OCH3 is 1. The van der Waals surface area contributed by atoms with Crippen LogP contribution in [-0.2, 0) is 23.8 Å². The molecule has 0 aromatic heterocycles. The predicted octanol–water partition coefficient (Wildman–Crippen LogP) is 2.83. The molecule has 7 heteroatoms. The molecule has 0 N–H and O–H groups in total. The van der Waals surface area contributed by atoms with E-state index in [9.17, 15) is 14.4 Å². The topological polar surface area (TPSA) is 82.1 Å². The summed E-state index contributed by atoms with van der Waals surface area (Å²) < 4.78 is 15.4. The number of carbonyl (C=O) groups is 3. The van der Waals surface area contributed by atoms with Crippen LogP contribution in [0, 0.1) is 0 Å². The molecule has 25 heavy (non-hydrogen) atoms. The highest BCUT2D eigenvalue weighted by atomic mass is 16.6. The van der Waals surface area contributed by atoms with Crippen molar-refractivity contribution in [3.8, 4) is 0 Å². The Morgan fingerprint density at radius 3 is 2.36 bits per heavy atom. The molecule has 0 radical (unpaired) electrons. The molecule has 0 aromatic rings. The van der Waals surface area contributed by atoms with E-state index in [1.165, 1.54) is 14.0 Å². The minimum Gasteiger partial charge on any atom is -0.466 e. The summed E-state index contributed by atoms with van der Waals surface area (Å²) in [5.41, 5.74) is -1.17. The van der Waals surface area contributed by atoms with E-state index < -0.39 is 35.3 Å². The van der Waals surface area contributed by atoms with Gasteiger partial charge in [0, 0.05) is 25.4 Å². The van der Waals surface area contributed by atoms with Crippen LogP contribution >= 0.6 is 0 Å². The molecule has 0 bridgehead atoms. The van der Waals surface area contributed by atoms with Crippen molar-refractivity contribution < 1.29 is 28.6 Å². The lowest BCUT2D eigenvalue weighted by Crippen LogP contribution is -2.49. The van der Waals surface area contributed by atoms with E-state index in [2.05, 4.69) is 11.3 Å². The first-order valence-corrected chi connectivity index (χ1v) is 8.34. The Labute approximate surface area is 149 Å². The number of likely N-dealkylation sites (tertiary alicyclic amines) is 1. The van der Waals surface area contributed by atoms with E-state index in [0.717, 1.165) is 6.42 Å². The molecule has 1 rings (SSSR count). The SMILES string of the molecule is C=C(C(=O)OC)C(CC1(C)CCCN1C(=O)OC(C)(C)C)OC(C)=O. The van der Waals surface area contributed by atoms with Crippen LogP contribution in [0.3, 0.4) is 0 Å². The van der Waals surface area contributed by atoms with Crippen LogP contribution in [0.25, 0.3) is 0 Å². The van der Waals surface area contributed by atoms with Gasteiger partial charge < -0.3 is 19.1 Å². The van der Waals surface area contributed by atoms with Gasteiger partial charge in [0.25, 0.3) is 0 Å². The van der Waals surface area contributed by atoms with E-state index in [0.29, 0.717) is 13.0 Å². The molecule has 142 valence electrons. The number of hydrogen-bond donors (Lipinski definition) is 0. The first-order chi connectivity index (χ1) is 11.4. The smallest absolute Gasteiger partial charge is 0.410 e. The highest BCUT2D eigenvalue weighted by Gasteiger charge is 2.44. The van der Waals surface area contributed by atoms with Crippen molar-refractivity contribution in [1.82, 2.24) is 4.90 Å². The molecule has 1 aliphatic rings. The average Bonchev–Trinajstić information content (AvgIpc) is 2.84. The van der Waals surface area contributed by atoms with Crippen LogP contribution in [0.4, 0.5) is 4.79 Å². The molecule has 1 aliphatic heterocycles. The maximum Gasteiger partial charge on any atom is 0.410 e. The van der Waals surface area contributed by atoms with Crippen molar-refractivity contribution in [3.05, 3.63) is 12.2 Å². The number of hydrogen-bond acceptors (Lipinski definition) is 6. The van der Waals surface area contributed by atoms with Crippen molar-refractivity contribution in [2.75, 3.05) is 13.7 Å². The van der Waals surface area contributed by atoms with Gasteiger partial charge in [-0.1, -0.05) is 6.58 Å². The zero-order valence-corrected chi connectivity index (χ0v) is 16.0. The van der Waals surface area contributed by atoms with Crippen LogP contribution in [0.1, 0.15) is 53.9 Å². The number of amides is 1. The van der Waals surface area contributed by atoms with Gasteiger partial charge in [0.2, 0.25) is 0 Å². The molecule has 1 heterocycles. The van der Waals surface area contributed by atoms with Gasteiger partial charge in [0.05, 0.1) is 12.7 Å². The quantitative estimate of drug-likeness (QED) is 0.428. The Hall–Kier alpha value is -2.05. The van der Waals surface area contributed by atoms with Gasteiger partial charge in [-0.25, -0.2) is 9.59 Å². The third-order valence-electron chi connectivity index (χ3n) is 4.13. The van der Waals surface area contributed by atoms with Gasteiger partial charge in [-0.15, -0.1) is 0 Å². The van der Waals surface area contributed by atoms with Crippen molar-refractivity contribution in [2.45, 2.75) is 71.1 Å². The molecule has 0 saturated carbocycles. The first-order valence-electron chi connectivity index (χ1n) is 8.34. The third-order valence-corrected chi connectivity index (χ3v) is 4.13. The second-order valence-corrected chi connectivity index (χ2v) is 7.55. The molecule has 1 saturated heterocycles. The summed E-state index contributed by atoms with van der Waals surface area (Å²) in [6.07, 6.45) is 0.474. The van der Waals surface area contributed by atoms with E-state index in [-0.39, 0.29) is 12.0 Å². The fourth-order valence-corrected chi connectivity index (χ4v) is 2.96. The van der Waals surface area contributed by atoms with Crippen molar-refractivity contribution in [2.24, 2.45) is 0 Å². The van der Waals surface area contributed by atoms with Gasteiger partial charge in [-0.2, -0.15) is 0 Å². The number of nitrogens with zero attached hydrogens (tertiary/aromatic N) is 1. The minimum atomic E-state index is -0.863. The van der Waals surface area contributed by atoms with E-state index in [1.54, 1.807) is 25.7 Å². The highest BCUT2D eigenvalue weighted by molar-refractivity contribution is 5.89. The molecule has 1 amide bonds. The highest BCUT2D eigenvalue weighted by Crippen LogP contribution is 2.36. The largest absolute Gasteiger partial charge is 0.466 e. The molecule has 1 fully saturated rings. The molecular formula is C18H29NO6. The van der Waals surface area contributed by atoms with Crippen molar-refractivity contribution >= 4 is 18.0 Å². The molecule has 2 unspecified atom stereocenters. The van der Waals surface area contributed by atoms with E-state index in [4.69, 9.17) is 9.47 Å². The molecule has 2 atom stereocenters. The molecule has 7 nitrogen and oxygen atoms in total. The Kier molecular flexibility index (Phi) is 6.62. The van der Waals surface area contributed by atoms with Gasteiger partial charge in [0.1, 0.15) is 11.7 Å². The monoisotopic (exact) mass is 355 g/mol. The van der Waals surface area contributed by atoms with Crippen LogP contribution in [-0.4, -0.2) is 53.8 Å². The third kappa shape index (κ3) is 5.76. The second-order valence-electron chi connectivity index (χ2n) is 7.55. The predicted molar refractivity (Wildman–Crippen MR) is 91.9 cm³/mol. The normalized spacial score (nSPS) is 21.4. The molecular weight excluding hydrogens is 326 g/mol. The summed E-state index contributed by atoms with van der Waals surface area (Å²) in [5.74, 6) is -1.17. The summed E-state index contributed by atoms with van der Waals surface area (Å²) in [6.45, 7) is 12.8. The number of esters is 2. The van der Waals surface area contributed by atoms with Gasteiger partial charge in [-0.3, -0.25) is 4.79 Å². The standard InChI is InChI=1S/C18H29NO6/c1-12(15(21)23-7)14(24-13(2)20)11-18(6)9-8-10-19(18)16(22)25-17(3,4)5/h14H,1,8-11H2,2-7H3. The molecule has 0 aromatic carbocycles. The Morgan fingerprint density at radius 1 is 1.28 bits per heavy atom. The first kappa shape index (κ1) is 21.0. The number of rotatable bonds is 5. The van der Waals surface area contributed by atoms with Crippen LogP contribution < -0.4 is 0 Å². The number of ether oxygens (including phenoxy) is 3. The Bertz CT molecular complexity index is 550. The summed E-state index contributed by atoms with van der Waals surface area (Å²) in [4.78, 5) is 37.4. The zero-order valence-electron chi connectivity index (χ0n) is 16.0. The van der Waals surface area contributed by atoms with Crippen LogP contribution in [0.5, 0.6) is 0 Å². The van der Waals surface area contributed by atoms with Gasteiger partial charge >= 0.3 is 18.0 Å². The van der Waals surface area contributed by atoms with Gasteiger partial charge in [-0.05, 0) is 40.5 Å². The Morgan fingerprint density at radius 2 is 1.88 bits per heavy atom. The zero-order chi connectivity index (χ0) is 19.4. The lowest BCUT2D eigenvalue weighted by Gasteiger charge is -2.38. The fourth-order valence-electron chi connectivity index (χ4n) is 2.96. The molecule has 0 aliphatic carbocycles. The van der Waals surface area contributed by atoms with Crippen LogP contribution in [0.2, 0.25) is 0 Å².